The third-order valence-electron chi connectivity index (χ3n) is 5.72. The molecule has 1 atom stereocenters. The molecule has 1 saturated heterocycles. The summed E-state index contributed by atoms with van der Waals surface area (Å²) in [6.07, 6.45) is 4.92. The van der Waals surface area contributed by atoms with Crippen LogP contribution < -0.4 is 10.4 Å². The number of halogens is 2. The van der Waals surface area contributed by atoms with Gasteiger partial charge in [0.1, 0.15) is 5.71 Å². The summed E-state index contributed by atoms with van der Waals surface area (Å²) < 4.78 is 0. The molecule has 5 nitrogen and oxygen atoms in total. The van der Waals surface area contributed by atoms with Gasteiger partial charge in [-0.1, -0.05) is 60.8 Å². The Balaban J connectivity index is 1.62. The molecule has 30 heavy (non-hydrogen) atoms. The first-order chi connectivity index (χ1) is 14.5. The molecule has 0 saturated carbocycles. The lowest BCUT2D eigenvalue weighted by molar-refractivity contribution is -0.119. The largest absolute Gasteiger partial charge is 0.284 e. The fraction of sp³-hybridized carbons (Fsp3) is 0.391. The average molecular weight is 445 g/mol. The number of nitrogens with zero attached hydrogens (tertiary/aromatic N) is 3. The maximum atomic E-state index is 12.9. The number of aryl methyl sites for hydroxylation is 1. The van der Waals surface area contributed by atoms with Gasteiger partial charge in [-0.05, 0) is 48.6 Å². The molecule has 2 aliphatic rings. The number of hydrogen-bond donors (Lipinski definition) is 1. The second-order valence-electron chi connectivity index (χ2n) is 7.79. The van der Waals surface area contributed by atoms with E-state index in [4.69, 9.17) is 28.3 Å². The van der Waals surface area contributed by atoms with Crippen LogP contribution in [0.3, 0.4) is 0 Å². The summed E-state index contributed by atoms with van der Waals surface area (Å²) in [4.78, 5) is 12.9. The van der Waals surface area contributed by atoms with Crippen molar-refractivity contribution >= 4 is 40.5 Å². The van der Waals surface area contributed by atoms with Crippen LogP contribution in [0, 0.1) is 0 Å². The highest BCUT2D eigenvalue weighted by Gasteiger charge is 2.34. The van der Waals surface area contributed by atoms with Crippen LogP contribution in [0.4, 0.5) is 5.69 Å². The number of piperidine rings is 1. The number of anilines is 1. The van der Waals surface area contributed by atoms with Crippen LogP contribution in [0.1, 0.15) is 49.8 Å². The molecule has 7 heteroatoms. The molecule has 1 N–H and O–H groups in total. The summed E-state index contributed by atoms with van der Waals surface area (Å²) in [6, 6.07) is 13.7. The van der Waals surface area contributed by atoms with Gasteiger partial charge in [-0.15, -0.1) is 0 Å². The van der Waals surface area contributed by atoms with E-state index in [1.165, 1.54) is 12.0 Å². The number of hydrazone groups is 1. The van der Waals surface area contributed by atoms with Gasteiger partial charge >= 0.3 is 0 Å². The van der Waals surface area contributed by atoms with Gasteiger partial charge in [0.05, 0.1) is 16.8 Å². The standard InChI is InChI=1S/C23H26Cl2N4O/c1-2-16-6-8-17(9-7-16)22-15-20(23(30)27-28-12-4-3-5-13-28)26-29(22)21-11-10-18(24)14-19(21)25/h6-11,14,22H,2-5,12-13,15H2,1H3,(H,27,30). The first kappa shape index (κ1) is 21.2. The molecule has 0 aromatic heterocycles. The fourth-order valence-corrected chi connectivity index (χ4v) is 4.48. The summed E-state index contributed by atoms with van der Waals surface area (Å²) in [7, 11) is 0. The average Bonchev–Trinajstić information content (AvgIpc) is 3.20. The van der Waals surface area contributed by atoms with E-state index >= 15 is 0 Å². The Morgan fingerprint density at radius 2 is 1.83 bits per heavy atom. The predicted octanol–water partition coefficient (Wildman–Crippen LogP) is 5.38. The van der Waals surface area contributed by atoms with E-state index < -0.39 is 0 Å². The molecular formula is C23H26Cl2N4O. The molecule has 4 rings (SSSR count). The van der Waals surface area contributed by atoms with Gasteiger partial charge in [-0.25, -0.2) is 5.01 Å². The van der Waals surface area contributed by atoms with Gasteiger partial charge in [0.2, 0.25) is 0 Å². The van der Waals surface area contributed by atoms with Crippen molar-refractivity contribution in [2.24, 2.45) is 5.10 Å². The van der Waals surface area contributed by atoms with Gasteiger partial charge in [0, 0.05) is 24.5 Å². The highest BCUT2D eigenvalue weighted by molar-refractivity contribution is 6.40. The van der Waals surface area contributed by atoms with Crippen molar-refractivity contribution in [2.45, 2.75) is 45.1 Å². The predicted molar refractivity (Wildman–Crippen MR) is 123 cm³/mol. The lowest BCUT2D eigenvalue weighted by atomic mass is 9.99. The van der Waals surface area contributed by atoms with E-state index in [-0.39, 0.29) is 11.9 Å². The van der Waals surface area contributed by atoms with Crippen LogP contribution >= 0.6 is 23.2 Å². The first-order valence-electron chi connectivity index (χ1n) is 10.5. The lowest BCUT2D eigenvalue weighted by Gasteiger charge is -2.26. The minimum Gasteiger partial charge on any atom is -0.284 e. The summed E-state index contributed by atoms with van der Waals surface area (Å²) >= 11 is 12.6. The van der Waals surface area contributed by atoms with Crippen molar-refractivity contribution in [3.63, 3.8) is 0 Å². The van der Waals surface area contributed by atoms with E-state index in [0.717, 1.165) is 43.6 Å². The van der Waals surface area contributed by atoms with Crippen LogP contribution in [-0.2, 0) is 11.2 Å². The third-order valence-corrected chi connectivity index (χ3v) is 6.26. The highest BCUT2D eigenvalue weighted by Crippen LogP contribution is 2.39. The molecule has 1 fully saturated rings. The van der Waals surface area contributed by atoms with E-state index in [0.29, 0.717) is 22.2 Å². The van der Waals surface area contributed by atoms with Crippen LogP contribution in [0.25, 0.3) is 0 Å². The quantitative estimate of drug-likeness (QED) is 0.672. The number of nitrogens with one attached hydrogen (secondary N) is 1. The number of carbonyl (C=O) groups is 1. The van der Waals surface area contributed by atoms with Crippen LogP contribution in [-0.4, -0.2) is 29.7 Å². The summed E-state index contributed by atoms with van der Waals surface area (Å²) in [5.41, 5.74) is 6.66. The van der Waals surface area contributed by atoms with E-state index in [9.17, 15) is 4.79 Å². The van der Waals surface area contributed by atoms with Gasteiger partial charge in [0.25, 0.3) is 5.91 Å². The molecule has 0 spiro atoms. The number of hydrogen-bond acceptors (Lipinski definition) is 4. The van der Waals surface area contributed by atoms with E-state index in [1.54, 1.807) is 12.1 Å². The zero-order valence-corrected chi connectivity index (χ0v) is 18.6. The van der Waals surface area contributed by atoms with Crippen LogP contribution in [0.2, 0.25) is 10.0 Å². The number of carbonyl (C=O) groups excluding carboxylic acids is 1. The molecule has 1 amide bonds. The van der Waals surface area contributed by atoms with E-state index in [1.807, 2.05) is 16.1 Å². The Hall–Kier alpha value is -2.08. The minimum absolute atomic E-state index is 0.100. The zero-order chi connectivity index (χ0) is 21.1. The second kappa shape index (κ2) is 9.38. The monoisotopic (exact) mass is 444 g/mol. The van der Waals surface area contributed by atoms with Crippen molar-refractivity contribution in [1.82, 2.24) is 10.4 Å². The lowest BCUT2D eigenvalue weighted by Crippen LogP contribution is -2.47. The number of benzene rings is 2. The summed E-state index contributed by atoms with van der Waals surface area (Å²) in [5.74, 6) is -0.139. The smallest absolute Gasteiger partial charge is 0.281 e. The minimum atomic E-state index is -0.139. The molecule has 2 heterocycles. The van der Waals surface area contributed by atoms with Gasteiger partial charge in [-0.3, -0.25) is 15.2 Å². The molecule has 0 radical (unpaired) electrons. The SMILES string of the molecule is CCc1ccc(C2CC(C(=O)NN3CCCCC3)=NN2c2ccc(Cl)cc2Cl)cc1. The van der Waals surface area contributed by atoms with Gasteiger partial charge in [-0.2, -0.15) is 5.10 Å². The molecule has 1 unspecified atom stereocenters. The fourth-order valence-electron chi connectivity index (χ4n) is 3.99. The first-order valence-corrected chi connectivity index (χ1v) is 11.3. The Bertz CT molecular complexity index is 939. The van der Waals surface area contributed by atoms with Crippen molar-refractivity contribution in [1.29, 1.82) is 0 Å². The maximum Gasteiger partial charge on any atom is 0.281 e. The summed E-state index contributed by atoms with van der Waals surface area (Å²) in [5, 5.41) is 9.63. The normalized spacial score (nSPS) is 19.6. The molecule has 2 aliphatic heterocycles. The zero-order valence-electron chi connectivity index (χ0n) is 17.1. The van der Waals surface area contributed by atoms with Crippen molar-refractivity contribution in [3.8, 4) is 0 Å². The Labute approximate surface area is 187 Å². The molecule has 2 aromatic rings. The number of rotatable bonds is 5. The highest BCUT2D eigenvalue weighted by atomic mass is 35.5. The van der Waals surface area contributed by atoms with Crippen molar-refractivity contribution < 1.29 is 4.79 Å². The van der Waals surface area contributed by atoms with Crippen molar-refractivity contribution in [2.75, 3.05) is 18.1 Å². The topological polar surface area (TPSA) is 47.9 Å². The number of hydrazine groups is 1. The van der Waals surface area contributed by atoms with Gasteiger partial charge in [0.15, 0.2) is 0 Å². The number of amides is 1. The van der Waals surface area contributed by atoms with Gasteiger partial charge < -0.3 is 0 Å². The van der Waals surface area contributed by atoms with Crippen LogP contribution in [0.15, 0.2) is 47.6 Å². The molecule has 2 aromatic carbocycles. The molecule has 0 bridgehead atoms. The third kappa shape index (κ3) is 4.64. The van der Waals surface area contributed by atoms with Crippen molar-refractivity contribution in [3.05, 3.63) is 63.6 Å². The molecular weight excluding hydrogens is 419 g/mol. The van der Waals surface area contributed by atoms with Crippen LogP contribution in [0.5, 0.6) is 0 Å². The van der Waals surface area contributed by atoms with E-state index in [2.05, 4.69) is 36.6 Å². The maximum absolute atomic E-state index is 12.9. The molecule has 0 aliphatic carbocycles. The Kier molecular flexibility index (Phi) is 6.61. The Morgan fingerprint density at radius 3 is 2.50 bits per heavy atom. The summed E-state index contributed by atoms with van der Waals surface area (Å²) in [6.45, 7) is 3.90. The second-order valence-corrected chi connectivity index (χ2v) is 8.63. The Morgan fingerprint density at radius 1 is 1.10 bits per heavy atom. The molecule has 158 valence electrons.